The van der Waals surface area contributed by atoms with Gasteiger partial charge in [-0.25, -0.2) is 0 Å². The molecule has 4 rings (SSSR count). The van der Waals surface area contributed by atoms with E-state index in [9.17, 15) is 4.79 Å². The van der Waals surface area contributed by atoms with E-state index in [0.717, 1.165) is 30.0 Å². The fourth-order valence-electron chi connectivity index (χ4n) is 3.79. The summed E-state index contributed by atoms with van der Waals surface area (Å²) in [6.07, 6.45) is 0.732. The standard InChI is InChI=1S/C22H23N3O2/c1-15(22(23)26)25-13-12-19-18(14-25)21(24-27-19)20(16-8-4-2-5-9-16)17-10-6-3-7-11-17/h2-11,15,20H,12-14H2,1H3,(H2,23,26). The molecule has 2 aromatic carbocycles. The number of fused-ring (bicyclic) bond motifs is 1. The van der Waals surface area contributed by atoms with Crippen molar-refractivity contribution in [1.82, 2.24) is 10.1 Å². The van der Waals surface area contributed by atoms with Gasteiger partial charge in [0.1, 0.15) is 11.5 Å². The van der Waals surface area contributed by atoms with Crippen molar-refractivity contribution in [2.45, 2.75) is 31.8 Å². The number of nitrogens with two attached hydrogens (primary N) is 1. The Balaban J connectivity index is 1.77. The molecule has 0 fully saturated rings. The van der Waals surface area contributed by atoms with E-state index in [1.54, 1.807) is 0 Å². The predicted octanol–water partition coefficient (Wildman–Crippen LogP) is 3.09. The lowest BCUT2D eigenvalue weighted by molar-refractivity contribution is -0.123. The van der Waals surface area contributed by atoms with E-state index in [4.69, 9.17) is 10.3 Å². The molecular weight excluding hydrogens is 338 g/mol. The molecule has 3 aromatic rings. The first-order chi connectivity index (χ1) is 13.1. The summed E-state index contributed by atoms with van der Waals surface area (Å²) in [6, 6.07) is 20.3. The molecule has 1 unspecified atom stereocenters. The van der Waals surface area contributed by atoms with Crippen LogP contribution in [0.1, 0.15) is 41.0 Å². The van der Waals surface area contributed by atoms with Gasteiger partial charge >= 0.3 is 0 Å². The number of carbonyl (C=O) groups is 1. The van der Waals surface area contributed by atoms with Crippen LogP contribution in [-0.4, -0.2) is 28.6 Å². The minimum Gasteiger partial charge on any atom is -0.368 e. The average molecular weight is 361 g/mol. The van der Waals surface area contributed by atoms with Crippen LogP contribution in [0.15, 0.2) is 65.2 Å². The zero-order chi connectivity index (χ0) is 18.8. The summed E-state index contributed by atoms with van der Waals surface area (Å²) in [5.41, 5.74) is 9.85. The van der Waals surface area contributed by atoms with Crippen LogP contribution >= 0.6 is 0 Å². The summed E-state index contributed by atoms with van der Waals surface area (Å²) in [4.78, 5) is 13.7. The molecule has 1 atom stereocenters. The second kappa shape index (κ2) is 7.37. The van der Waals surface area contributed by atoms with Gasteiger partial charge in [0.25, 0.3) is 0 Å². The van der Waals surface area contributed by atoms with E-state index in [0.29, 0.717) is 6.54 Å². The molecule has 2 heterocycles. The highest BCUT2D eigenvalue weighted by molar-refractivity contribution is 5.79. The van der Waals surface area contributed by atoms with Crippen LogP contribution in [0.2, 0.25) is 0 Å². The fraction of sp³-hybridized carbons (Fsp3) is 0.273. The number of nitrogens with zero attached hydrogens (tertiary/aromatic N) is 2. The molecule has 0 bridgehead atoms. The second-order valence-corrected chi connectivity index (χ2v) is 7.02. The molecule has 1 aliphatic rings. The monoisotopic (exact) mass is 361 g/mol. The van der Waals surface area contributed by atoms with Gasteiger partial charge in [-0.2, -0.15) is 0 Å². The first-order valence-electron chi connectivity index (χ1n) is 9.25. The smallest absolute Gasteiger partial charge is 0.234 e. The van der Waals surface area contributed by atoms with Gasteiger partial charge in [-0.3, -0.25) is 9.69 Å². The molecular formula is C22H23N3O2. The van der Waals surface area contributed by atoms with Crippen LogP contribution in [0.5, 0.6) is 0 Å². The summed E-state index contributed by atoms with van der Waals surface area (Å²) in [5, 5.41) is 4.47. The Hall–Kier alpha value is -2.92. The quantitative estimate of drug-likeness (QED) is 0.758. The Morgan fingerprint density at radius 1 is 1.07 bits per heavy atom. The number of primary amides is 1. The van der Waals surface area contributed by atoms with Crippen LogP contribution in [0.4, 0.5) is 0 Å². The summed E-state index contributed by atoms with van der Waals surface area (Å²) in [7, 11) is 0. The van der Waals surface area contributed by atoms with Gasteiger partial charge in [-0.1, -0.05) is 65.8 Å². The summed E-state index contributed by atoms with van der Waals surface area (Å²) >= 11 is 0. The second-order valence-electron chi connectivity index (χ2n) is 7.02. The molecule has 1 aliphatic heterocycles. The van der Waals surface area contributed by atoms with Gasteiger partial charge in [-0.05, 0) is 18.1 Å². The largest absolute Gasteiger partial charge is 0.368 e. The number of aromatic nitrogens is 1. The molecule has 0 saturated carbocycles. The highest BCUT2D eigenvalue weighted by Gasteiger charge is 2.32. The van der Waals surface area contributed by atoms with Gasteiger partial charge in [0.2, 0.25) is 5.91 Å². The van der Waals surface area contributed by atoms with Crippen molar-refractivity contribution in [2.75, 3.05) is 6.54 Å². The Bertz CT molecular complexity index is 882. The molecule has 5 heteroatoms. The van der Waals surface area contributed by atoms with Crippen LogP contribution in [0.3, 0.4) is 0 Å². The van der Waals surface area contributed by atoms with Crippen LogP contribution in [0.25, 0.3) is 0 Å². The molecule has 1 amide bonds. The van der Waals surface area contributed by atoms with Crippen molar-refractivity contribution >= 4 is 5.91 Å². The Morgan fingerprint density at radius 2 is 1.67 bits per heavy atom. The van der Waals surface area contributed by atoms with Gasteiger partial charge in [-0.15, -0.1) is 0 Å². The third-order valence-corrected chi connectivity index (χ3v) is 5.39. The maximum Gasteiger partial charge on any atom is 0.234 e. The molecule has 0 spiro atoms. The molecule has 138 valence electrons. The topological polar surface area (TPSA) is 72.4 Å². The molecule has 0 saturated heterocycles. The lowest BCUT2D eigenvalue weighted by atomic mass is 9.85. The summed E-state index contributed by atoms with van der Waals surface area (Å²) in [5.74, 6) is 0.595. The summed E-state index contributed by atoms with van der Waals surface area (Å²) in [6.45, 7) is 3.22. The third-order valence-electron chi connectivity index (χ3n) is 5.39. The Kier molecular flexibility index (Phi) is 4.77. The first-order valence-corrected chi connectivity index (χ1v) is 9.25. The maximum absolute atomic E-state index is 11.7. The number of amides is 1. The van der Waals surface area contributed by atoms with Gasteiger partial charge < -0.3 is 10.3 Å². The van der Waals surface area contributed by atoms with Gasteiger partial charge in [0.05, 0.1) is 12.0 Å². The number of rotatable bonds is 5. The van der Waals surface area contributed by atoms with Crippen molar-refractivity contribution in [3.05, 3.63) is 88.8 Å². The zero-order valence-corrected chi connectivity index (χ0v) is 15.3. The van der Waals surface area contributed by atoms with E-state index in [1.165, 1.54) is 11.1 Å². The molecule has 5 nitrogen and oxygen atoms in total. The number of hydrogen-bond acceptors (Lipinski definition) is 4. The van der Waals surface area contributed by atoms with E-state index < -0.39 is 0 Å². The molecule has 0 aliphatic carbocycles. The minimum absolute atomic E-state index is 0.0104. The predicted molar refractivity (Wildman–Crippen MR) is 103 cm³/mol. The number of carbonyl (C=O) groups excluding carboxylic acids is 1. The lowest BCUT2D eigenvalue weighted by Gasteiger charge is -2.30. The van der Waals surface area contributed by atoms with Gasteiger partial charge in [0.15, 0.2) is 0 Å². The average Bonchev–Trinajstić information content (AvgIpc) is 3.12. The van der Waals surface area contributed by atoms with Crippen LogP contribution in [0, 0.1) is 0 Å². The highest BCUT2D eigenvalue weighted by Crippen LogP contribution is 2.36. The third kappa shape index (κ3) is 3.38. The van der Waals surface area contributed by atoms with E-state index in [2.05, 4.69) is 34.3 Å². The van der Waals surface area contributed by atoms with Crippen molar-refractivity contribution in [2.24, 2.45) is 5.73 Å². The van der Waals surface area contributed by atoms with E-state index in [1.807, 2.05) is 43.3 Å². The molecule has 2 N–H and O–H groups in total. The van der Waals surface area contributed by atoms with Crippen molar-refractivity contribution < 1.29 is 9.32 Å². The normalized spacial score (nSPS) is 15.5. The van der Waals surface area contributed by atoms with Crippen molar-refractivity contribution in [3.8, 4) is 0 Å². The molecule has 27 heavy (non-hydrogen) atoms. The van der Waals surface area contributed by atoms with E-state index in [-0.39, 0.29) is 17.9 Å². The Labute approximate surface area is 158 Å². The number of benzene rings is 2. The molecule has 0 radical (unpaired) electrons. The maximum atomic E-state index is 11.7. The lowest BCUT2D eigenvalue weighted by Crippen LogP contribution is -2.45. The van der Waals surface area contributed by atoms with Gasteiger partial charge in [0, 0.05) is 25.1 Å². The van der Waals surface area contributed by atoms with E-state index >= 15 is 0 Å². The van der Waals surface area contributed by atoms with Crippen molar-refractivity contribution in [1.29, 1.82) is 0 Å². The molecule has 1 aromatic heterocycles. The Morgan fingerprint density at radius 3 is 2.22 bits per heavy atom. The highest BCUT2D eigenvalue weighted by atomic mass is 16.5. The summed E-state index contributed by atoms with van der Waals surface area (Å²) < 4.78 is 5.71. The number of hydrogen-bond donors (Lipinski definition) is 1. The van der Waals surface area contributed by atoms with Crippen molar-refractivity contribution in [3.63, 3.8) is 0 Å². The van der Waals surface area contributed by atoms with Crippen LogP contribution < -0.4 is 5.73 Å². The zero-order valence-electron chi connectivity index (χ0n) is 15.3. The SMILES string of the molecule is CC(C(N)=O)N1CCc2onc(C(c3ccccc3)c3ccccc3)c2C1. The van der Waals surface area contributed by atoms with Crippen LogP contribution in [-0.2, 0) is 17.8 Å². The minimum atomic E-state index is -0.312. The first kappa shape index (κ1) is 17.5. The fourth-order valence-corrected chi connectivity index (χ4v) is 3.79.